The van der Waals surface area contributed by atoms with Crippen LogP contribution in [0.1, 0.15) is 21.9 Å². The van der Waals surface area contributed by atoms with Gasteiger partial charge in [0.05, 0.1) is 15.4 Å². The lowest BCUT2D eigenvalue weighted by molar-refractivity contribution is 0.102. The van der Waals surface area contributed by atoms with Crippen LogP contribution in [-0.4, -0.2) is 14.3 Å². The first-order valence-electron chi connectivity index (χ1n) is 7.76. The average molecular weight is 434 g/mol. The number of rotatable bonds is 4. The van der Waals surface area contributed by atoms with Crippen LogP contribution in [-0.2, 0) is 9.84 Å². The maximum absolute atomic E-state index is 12.6. The van der Waals surface area contributed by atoms with Crippen molar-refractivity contribution in [1.29, 1.82) is 0 Å². The largest absolute Gasteiger partial charge is 0.466 e. The molecule has 0 aliphatic carbocycles. The van der Waals surface area contributed by atoms with Gasteiger partial charge in [-0.3, -0.25) is 4.79 Å². The molecule has 0 spiro atoms. The Balaban J connectivity index is 1.81. The molecule has 0 aliphatic rings. The minimum Gasteiger partial charge on any atom is -0.466 e. The molecule has 0 fully saturated rings. The van der Waals surface area contributed by atoms with E-state index in [2.05, 4.69) is 21.2 Å². The van der Waals surface area contributed by atoms with Gasteiger partial charge in [-0.05, 0) is 68.4 Å². The van der Waals surface area contributed by atoms with Crippen LogP contribution in [0.2, 0.25) is 0 Å². The van der Waals surface area contributed by atoms with E-state index >= 15 is 0 Å². The summed E-state index contributed by atoms with van der Waals surface area (Å²) >= 11 is 3.28. The third-order valence-electron chi connectivity index (χ3n) is 3.83. The van der Waals surface area contributed by atoms with Crippen molar-refractivity contribution in [2.75, 3.05) is 5.32 Å². The number of sulfone groups is 1. The summed E-state index contributed by atoms with van der Waals surface area (Å²) in [6.07, 6.45) is 0. The number of aryl methyl sites for hydroxylation is 2. The molecule has 26 heavy (non-hydrogen) atoms. The summed E-state index contributed by atoms with van der Waals surface area (Å²) in [7, 11) is -3.61. The Bertz CT molecular complexity index is 1050. The number of furan rings is 1. The average Bonchev–Trinajstić information content (AvgIpc) is 2.94. The molecule has 3 aromatic rings. The number of nitrogens with one attached hydrogen (secondary N) is 1. The zero-order valence-corrected chi connectivity index (χ0v) is 16.5. The summed E-state index contributed by atoms with van der Waals surface area (Å²) in [5.41, 5.74) is 0.956. The van der Waals surface area contributed by atoms with Crippen molar-refractivity contribution in [2.45, 2.75) is 23.6 Å². The van der Waals surface area contributed by atoms with Crippen LogP contribution in [0.25, 0.3) is 0 Å². The number of anilines is 1. The first-order valence-corrected chi connectivity index (χ1v) is 10.0. The molecular formula is C19H16BrNO4S. The van der Waals surface area contributed by atoms with Crippen LogP contribution in [0.15, 0.2) is 73.3 Å². The van der Waals surface area contributed by atoms with Crippen LogP contribution in [0.5, 0.6) is 0 Å². The molecule has 7 heteroatoms. The SMILES string of the molecule is Cc1cc(C(=O)Nc2ccc(S(=O)(=O)c3ccc(Br)cc3)cc2)c(C)o1. The molecule has 1 heterocycles. The lowest BCUT2D eigenvalue weighted by Gasteiger charge is -2.07. The van der Waals surface area contributed by atoms with Gasteiger partial charge in [-0.25, -0.2) is 8.42 Å². The van der Waals surface area contributed by atoms with Crippen molar-refractivity contribution in [3.63, 3.8) is 0 Å². The second-order valence-electron chi connectivity index (χ2n) is 5.76. The first-order chi connectivity index (χ1) is 12.3. The molecule has 1 aromatic heterocycles. The summed E-state index contributed by atoms with van der Waals surface area (Å²) < 4.78 is 31.4. The quantitative estimate of drug-likeness (QED) is 0.644. The Morgan fingerprint density at radius 1 is 0.962 bits per heavy atom. The van der Waals surface area contributed by atoms with E-state index < -0.39 is 9.84 Å². The molecule has 0 bridgehead atoms. The third-order valence-corrected chi connectivity index (χ3v) is 6.15. The second-order valence-corrected chi connectivity index (χ2v) is 8.63. The normalized spacial score (nSPS) is 11.3. The molecule has 0 radical (unpaired) electrons. The Morgan fingerprint density at radius 3 is 2.00 bits per heavy atom. The molecule has 0 saturated heterocycles. The zero-order chi connectivity index (χ0) is 18.9. The van der Waals surface area contributed by atoms with E-state index in [9.17, 15) is 13.2 Å². The minimum absolute atomic E-state index is 0.160. The van der Waals surface area contributed by atoms with Gasteiger partial charge in [-0.1, -0.05) is 15.9 Å². The molecule has 3 rings (SSSR count). The summed E-state index contributed by atoms with van der Waals surface area (Å²) in [6, 6.07) is 14.2. The van der Waals surface area contributed by atoms with E-state index in [1.165, 1.54) is 12.1 Å². The first kappa shape index (κ1) is 18.4. The van der Waals surface area contributed by atoms with Gasteiger partial charge in [0, 0.05) is 10.2 Å². The van der Waals surface area contributed by atoms with Gasteiger partial charge in [-0.2, -0.15) is 0 Å². The highest BCUT2D eigenvalue weighted by Gasteiger charge is 2.18. The maximum Gasteiger partial charge on any atom is 0.259 e. The van der Waals surface area contributed by atoms with E-state index in [1.54, 1.807) is 56.3 Å². The second kappa shape index (κ2) is 7.09. The summed E-state index contributed by atoms with van der Waals surface area (Å²) in [5.74, 6) is 0.890. The predicted octanol–water partition coefficient (Wildman–Crippen LogP) is 4.74. The van der Waals surface area contributed by atoms with Crippen LogP contribution < -0.4 is 5.32 Å². The highest BCUT2D eigenvalue weighted by molar-refractivity contribution is 9.10. The van der Waals surface area contributed by atoms with E-state index in [-0.39, 0.29) is 15.7 Å². The van der Waals surface area contributed by atoms with Crippen molar-refractivity contribution in [2.24, 2.45) is 0 Å². The molecule has 0 atom stereocenters. The number of carbonyl (C=O) groups excluding carboxylic acids is 1. The van der Waals surface area contributed by atoms with Crippen LogP contribution in [0.4, 0.5) is 5.69 Å². The molecule has 0 saturated carbocycles. The molecule has 134 valence electrons. The zero-order valence-electron chi connectivity index (χ0n) is 14.1. The topological polar surface area (TPSA) is 76.4 Å². The standard InChI is InChI=1S/C19H16BrNO4S/c1-12-11-18(13(2)25-12)19(22)21-15-5-9-17(10-6-15)26(23,24)16-7-3-14(20)4-8-16/h3-11H,1-2H3,(H,21,22). The van der Waals surface area contributed by atoms with E-state index in [4.69, 9.17) is 4.42 Å². The van der Waals surface area contributed by atoms with Gasteiger partial charge in [0.2, 0.25) is 9.84 Å². The van der Waals surface area contributed by atoms with E-state index in [0.29, 0.717) is 22.8 Å². The van der Waals surface area contributed by atoms with Gasteiger partial charge in [-0.15, -0.1) is 0 Å². The Kier molecular flexibility index (Phi) is 5.02. The number of halogens is 1. The fourth-order valence-corrected chi connectivity index (χ4v) is 4.05. The summed E-state index contributed by atoms with van der Waals surface area (Å²) in [4.78, 5) is 12.7. The monoisotopic (exact) mass is 433 g/mol. The van der Waals surface area contributed by atoms with Crippen LogP contribution in [0, 0.1) is 13.8 Å². The maximum atomic E-state index is 12.6. The number of hydrogen-bond acceptors (Lipinski definition) is 4. The number of carbonyl (C=O) groups is 1. The highest BCUT2D eigenvalue weighted by Crippen LogP contribution is 2.24. The molecule has 1 amide bonds. The molecule has 0 aliphatic heterocycles. The Hall–Kier alpha value is -2.38. The summed E-state index contributed by atoms with van der Waals surface area (Å²) in [5, 5.41) is 2.74. The van der Waals surface area contributed by atoms with Crippen molar-refractivity contribution >= 4 is 37.4 Å². The van der Waals surface area contributed by atoms with E-state index in [0.717, 1.165) is 4.47 Å². The fraction of sp³-hybridized carbons (Fsp3) is 0.105. The summed E-state index contributed by atoms with van der Waals surface area (Å²) in [6.45, 7) is 3.49. The molecular weight excluding hydrogens is 418 g/mol. The van der Waals surface area contributed by atoms with Crippen molar-refractivity contribution in [3.8, 4) is 0 Å². The van der Waals surface area contributed by atoms with Gasteiger partial charge in [0.25, 0.3) is 5.91 Å². The fourth-order valence-electron chi connectivity index (χ4n) is 2.52. The lowest BCUT2D eigenvalue weighted by Crippen LogP contribution is -2.12. The highest BCUT2D eigenvalue weighted by atomic mass is 79.9. The van der Waals surface area contributed by atoms with Crippen molar-refractivity contribution in [3.05, 3.63) is 76.2 Å². The molecule has 0 unspecified atom stereocenters. The Morgan fingerprint density at radius 2 is 1.50 bits per heavy atom. The van der Waals surface area contributed by atoms with Crippen LogP contribution >= 0.6 is 15.9 Å². The predicted molar refractivity (Wildman–Crippen MR) is 102 cm³/mol. The van der Waals surface area contributed by atoms with E-state index in [1.807, 2.05) is 0 Å². The molecule has 1 N–H and O–H groups in total. The molecule has 5 nitrogen and oxygen atoms in total. The van der Waals surface area contributed by atoms with Gasteiger partial charge >= 0.3 is 0 Å². The smallest absolute Gasteiger partial charge is 0.259 e. The minimum atomic E-state index is -3.61. The third kappa shape index (κ3) is 3.73. The van der Waals surface area contributed by atoms with Gasteiger partial charge in [0.1, 0.15) is 11.5 Å². The number of hydrogen-bond donors (Lipinski definition) is 1. The number of amides is 1. The lowest BCUT2D eigenvalue weighted by atomic mass is 10.2. The van der Waals surface area contributed by atoms with Crippen molar-refractivity contribution in [1.82, 2.24) is 0 Å². The number of benzene rings is 2. The molecule has 2 aromatic carbocycles. The van der Waals surface area contributed by atoms with Crippen molar-refractivity contribution < 1.29 is 17.6 Å². The van der Waals surface area contributed by atoms with Gasteiger partial charge < -0.3 is 9.73 Å². The van der Waals surface area contributed by atoms with Gasteiger partial charge in [0.15, 0.2) is 0 Å². The Labute approximate surface area is 160 Å². The van der Waals surface area contributed by atoms with Crippen LogP contribution in [0.3, 0.4) is 0 Å².